The zero-order valence-corrected chi connectivity index (χ0v) is 24.7. The van der Waals surface area contributed by atoms with Gasteiger partial charge in [-0.1, -0.05) is 62.9 Å². The van der Waals surface area contributed by atoms with Gasteiger partial charge in [-0.25, -0.2) is 0 Å². The maximum Gasteiger partial charge on any atom is 0.246 e. The third-order valence-corrected chi connectivity index (χ3v) is 9.46. The number of benzene rings is 1. The number of amides is 3. The van der Waals surface area contributed by atoms with Crippen LogP contribution in [0.1, 0.15) is 64.4 Å². The molecule has 1 aromatic carbocycles. The van der Waals surface area contributed by atoms with Crippen LogP contribution in [0.25, 0.3) is 0 Å². The van der Waals surface area contributed by atoms with Crippen molar-refractivity contribution in [1.82, 2.24) is 15.1 Å². The summed E-state index contributed by atoms with van der Waals surface area (Å²) in [5.74, 6) is -2.12. The number of carbonyl (C=O) groups is 3. The van der Waals surface area contributed by atoms with Crippen molar-refractivity contribution < 1.29 is 19.1 Å². The molecule has 1 aliphatic carbocycles. The smallest absolute Gasteiger partial charge is 0.246 e. The normalized spacial score (nSPS) is 29.3. The van der Waals surface area contributed by atoms with Crippen molar-refractivity contribution in [2.75, 3.05) is 31.5 Å². The number of nitrogens with zero attached hydrogens (tertiary/aromatic N) is 2. The van der Waals surface area contributed by atoms with E-state index < -0.39 is 29.6 Å². The molecule has 1 aromatic rings. The van der Waals surface area contributed by atoms with Gasteiger partial charge in [0.1, 0.15) is 11.6 Å². The number of hydrogen-bond acceptors (Lipinski definition) is 5. The fourth-order valence-corrected chi connectivity index (χ4v) is 7.33. The summed E-state index contributed by atoms with van der Waals surface area (Å²) < 4.78 is 6.49. The van der Waals surface area contributed by atoms with Crippen LogP contribution in [0, 0.1) is 18.8 Å². The summed E-state index contributed by atoms with van der Waals surface area (Å²) in [7, 11) is 0. The van der Waals surface area contributed by atoms with E-state index in [1.165, 1.54) is 6.42 Å². The molecule has 3 heterocycles. The molecule has 4 aliphatic rings. The topological polar surface area (TPSA) is 91.0 Å². The zero-order valence-electron chi connectivity index (χ0n) is 24.0. The Kier molecular flexibility index (Phi) is 8.88. The summed E-state index contributed by atoms with van der Waals surface area (Å²) in [6, 6.07) is 4.68. The standard InChI is InChI=1S/C31H43ClN4O4/c1-4-15-35(16-5-2)17-18-36-27(29(38)33-21-9-7-6-8-10-21)31-14-13-24(40-31)25(26(31)30(36)39)28(37)34-22-12-11-20(3)23(32)19-22/h11-14,19,21,24-27H,4-10,15-18H2,1-3H3,(H,33,38)(H,34,37)/t24-,25+,26-,27-,31-/m0/s1. The number of ether oxygens (including phenoxy) is 1. The van der Waals surface area contributed by atoms with E-state index in [-0.39, 0.29) is 23.8 Å². The molecular weight excluding hydrogens is 528 g/mol. The van der Waals surface area contributed by atoms with Gasteiger partial charge < -0.3 is 25.2 Å². The van der Waals surface area contributed by atoms with Crippen LogP contribution in [-0.4, -0.2) is 77.5 Å². The minimum Gasteiger partial charge on any atom is -0.359 e. The molecule has 5 rings (SSSR count). The lowest BCUT2D eigenvalue weighted by atomic mass is 9.74. The molecule has 2 bridgehead atoms. The average molecular weight is 571 g/mol. The molecule has 3 amide bonds. The van der Waals surface area contributed by atoms with Crippen molar-refractivity contribution in [1.29, 1.82) is 0 Å². The quantitative estimate of drug-likeness (QED) is 0.387. The highest BCUT2D eigenvalue weighted by Gasteiger charge is 2.72. The number of nitrogens with one attached hydrogen (secondary N) is 2. The first kappa shape index (κ1) is 29.1. The molecule has 1 spiro atoms. The summed E-state index contributed by atoms with van der Waals surface area (Å²) in [4.78, 5) is 45.9. The van der Waals surface area contributed by atoms with E-state index in [4.69, 9.17) is 16.3 Å². The molecule has 0 unspecified atom stereocenters. The maximum absolute atomic E-state index is 14.2. The van der Waals surface area contributed by atoms with Crippen molar-refractivity contribution in [3.05, 3.63) is 40.9 Å². The Morgan fingerprint density at radius 1 is 1.10 bits per heavy atom. The highest BCUT2D eigenvalue weighted by molar-refractivity contribution is 6.31. The second kappa shape index (κ2) is 12.2. The van der Waals surface area contributed by atoms with Crippen molar-refractivity contribution in [2.45, 2.75) is 89.5 Å². The Morgan fingerprint density at radius 2 is 1.82 bits per heavy atom. The first-order valence-electron chi connectivity index (χ1n) is 15.1. The van der Waals surface area contributed by atoms with Crippen LogP contribution in [0.3, 0.4) is 0 Å². The van der Waals surface area contributed by atoms with Gasteiger partial charge in [0.2, 0.25) is 17.7 Å². The second-order valence-electron chi connectivity index (χ2n) is 11.9. The number of carbonyl (C=O) groups excluding carboxylic acids is 3. The number of likely N-dealkylation sites (tertiary alicyclic amines) is 1. The molecule has 3 aliphatic heterocycles. The molecule has 5 atom stereocenters. The van der Waals surface area contributed by atoms with Gasteiger partial charge in [-0.3, -0.25) is 14.4 Å². The number of rotatable bonds is 11. The first-order chi connectivity index (χ1) is 19.3. The van der Waals surface area contributed by atoms with E-state index in [0.717, 1.165) is 57.2 Å². The average Bonchev–Trinajstić information content (AvgIpc) is 3.57. The molecule has 8 nitrogen and oxygen atoms in total. The lowest BCUT2D eigenvalue weighted by Gasteiger charge is -2.35. The minimum absolute atomic E-state index is 0.110. The zero-order chi connectivity index (χ0) is 28.4. The highest BCUT2D eigenvalue weighted by atomic mass is 35.5. The summed E-state index contributed by atoms with van der Waals surface area (Å²) in [5, 5.41) is 6.78. The van der Waals surface area contributed by atoms with E-state index in [9.17, 15) is 14.4 Å². The lowest BCUT2D eigenvalue weighted by molar-refractivity contribution is -0.141. The maximum atomic E-state index is 14.2. The molecule has 0 radical (unpaired) electrons. The van der Waals surface area contributed by atoms with Gasteiger partial charge in [-0.2, -0.15) is 0 Å². The summed E-state index contributed by atoms with van der Waals surface area (Å²) in [6.07, 6.45) is 10.5. The molecule has 0 aromatic heterocycles. The van der Waals surface area contributed by atoms with Crippen LogP contribution >= 0.6 is 11.6 Å². The van der Waals surface area contributed by atoms with Gasteiger partial charge in [-0.05, 0) is 63.4 Å². The summed E-state index contributed by atoms with van der Waals surface area (Å²) in [6.45, 7) is 9.17. The first-order valence-corrected chi connectivity index (χ1v) is 15.4. The molecule has 2 saturated heterocycles. The predicted molar refractivity (Wildman–Crippen MR) is 156 cm³/mol. The molecule has 9 heteroatoms. The van der Waals surface area contributed by atoms with Gasteiger partial charge in [-0.15, -0.1) is 0 Å². The SMILES string of the molecule is CCCN(CCC)CCN1C(=O)[C@@H]2[C@H](C(=O)Nc3ccc(C)c(Cl)c3)[C@@H]3C=C[C@@]2(O3)[C@@H]1C(=O)NC1CCCCC1. The number of hydrogen-bond donors (Lipinski definition) is 2. The van der Waals surface area contributed by atoms with Crippen LogP contribution in [-0.2, 0) is 19.1 Å². The van der Waals surface area contributed by atoms with Crippen LogP contribution in [0.2, 0.25) is 5.02 Å². The molecule has 3 fully saturated rings. The van der Waals surface area contributed by atoms with Gasteiger partial charge >= 0.3 is 0 Å². The van der Waals surface area contributed by atoms with E-state index in [2.05, 4.69) is 29.4 Å². The van der Waals surface area contributed by atoms with E-state index in [1.807, 2.05) is 25.1 Å². The predicted octanol–water partition coefficient (Wildman–Crippen LogP) is 4.31. The number of anilines is 1. The molecular formula is C31H43ClN4O4. The Morgan fingerprint density at radius 3 is 2.50 bits per heavy atom. The molecule has 1 saturated carbocycles. The highest BCUT2D eigenvalue weighted by Crippen LogP contribution is 2.55. The third-order valence-electron chi connectivity index (χ3n) is 9.05. The van der Waals surface area contributed by atoms with Gasteiger partial charge in [0.05, 0.1) is 17.9 Å². The number of aryl methyl sites for hydroxylation is 1. The van der Waals surface area contributed by atoms with E-state index in [1.54, 1.807) is 17.0 Å². The Hall–Kier alpha value is -2.42. The van der Waals surface area contributed by atoms with Gasteiger partial charge in [0.25, 0.3) is 0 Å². The van der Waals surface area contributed by atoms with E-state index >= 15 is 0 Å². The second-order valence-corrected chi connectivity index (χ2v) is 12.3. The summed E-state index contributed by atoms with van der Waals surface area (Å²) >= 11 is 6.29. The van der Waals surface area contributed by atoms with Gasteiger partial charge in [0, 0.05) is 29.8 Å². The van der Waals surface area contributed by atoms with Crippen LogP contribution in [0.4, 0.5) is 5.69 Å². The molecule has 218 valence electrons. The monoisotopic (exact) mass is 570 g/mol. The fraction of sp³-hybridized carbons (Fsp3) is 0.645. The van der Waals surface area contributed by atoms with Crippen LogP contribution < -0.4 is 10.6 Å². The summed E-state index contributed by atoms with van der Waals surface area (Å²) in [5.41, 5.74) is 0.344. The largest absolute Gasteiger partial charge is 0.359 e. The van der Waals surface area contributed by atoms with Crippen molar-refractivity contribution in [3.8, 4) is 0 Å². The van der Waals surface area contributed by atoms with Crippen LogP contribution in [0.15, 0.2) is 30.4 Å². The Bertz CT molecular complexity index is 1150. The fourth-order valence-electron chi connectivity index (χ4n) is 7.15. The van der Waals surface area contributed by atoms with Crippen molar-refractivity contribution in [2.24, 2.45) is 11.8 Å². The lowest BCUT2D eigenvalue weighted by Crippen LogP contribution is -2.57. The Labute approximate surface area is 242 Å². The molecule has 40 heavy (non-hydrogen) atoms. The van der Waals surface area contributed by atoms with Gasteiger partial charge in [0.15, 0.2) is 0 Å². The van der Waals surface area contributed by atoms with Crippen LogP contribution in [0.5, 0.6) is 0 Å². The minimum atomic E-state index is -1.15. The number of halogens is 1. The third kappa shape index (κ3) is 5.42. The van der Waals surface area contributed by atoms with Crippen molar-refractivity contribution in [3.63, 3.8) is 0 Å². The molecule has 2 N–H and O–H groups in total. The Balaban J connectivity index is 1.41. The number of fused-ring (bicyclic) bond motifs is 1. The van der Waals surface area contributed by atoms with Crippen molar-refractivity contribution >= 4 is 35.0 Å². The van der Waals surface area contributed by atoms with E-state index in [0.29, 0.717) is 23.8 Å².